The van der Waals surface area contributed by atoms with E-state index in [9.17, 15) is 34.2 Å². The number of allylic oxidation sites excluding steroid dienone is 3. The number of esters is 1. The highest BCUT2D eigenvalue weighted by Crippen LogP contribution is 2.49. The second-order valence-corrected chi connectivity index (χ2v) is 16.3. The van der Waals surface area contributed by atoms with Crippen molar-refractivity contribution in [2.45, 2.75) is 108 Å². The summed E-state index contributed by atoms with van der Waals surface area (Å²) in [7, 11) is 3.05. The van der Waals surface area contributed by atoms with Gasteiger partial charge >= 0.3 is 12.1 Å². The van der Waals surface area contributed by atoms with Crippen LogP contribution < -0.4 is 10.2 Å². The zero-order valence-corrected chi connectivity index (χ0v) is 32.5. The lowest BCUT2D eigenvalue weighted by Crippen LogP contribution is -2.61. The molecule has 2 saturated heterocycles. The normalized spacial score (nSPS) is 31.7. The van der Waals surface area contributed by atoms with Crippen LogP contribution in [0.25, 0.3) is 0 Å². The van der Waals surface area contributed by atoms with Crippen LogP contribution in [0.15, 0.2) is 35.9 Å². The van der Waals surface area contributed by atoms with Crippen molar-refractivity contribution in [2.75, 3.05) is 24.7 Å². The van der Waals surface area contributed by atoms with Crippen molar-refractivity contribution in [3.05, 3.63) is 52.1 Å². The highest BCUT2D eigenvalue weighted by atomic mass is 35.5. The molecule has 0 aliphatic carbocycles. The average molecular weight is 764 g/mol. The summed E-state index contributed by atoms with van der Waals surface area (Å²) in [5.74, 6) is -3.03. The smallest absolute Gasteiger partial charge is 0.409 e. The maximum Gasteiger partial charge on any atom is 0.409 e. The third kappa shape index (κ3) is 9.19. The average Bonchev–Trinajstić information content (AvgIpc) is 3.79. The molecule has 1 aromatic carbocycles. The number of aldehydes is 1. The highest BCUT2D eigenvalue weighted by Gasteiger charge is 2.64. The van der Waals surface area contributed by atoms with Crippen molar-refractivity contribution >= 4 is 59.2 Å². The number of hydrogen-bond acceptors (Lipinski definition) is 11. The first-order chi connectivity index (χ1) is 24.3. The molecule has 0 saturated carbocycles. The fraction of sp³-hybridized carbons (Fsp3) is 0.595. The number of halogens is 1. The molecule has 3 aliphatic heterocycles. The van der Waals surface area contributed by atoms with Gasteiger partial charge in [-0.2, -0.15) is 0 Å². The maximum absolute atomic E-state index is 14.1. The number of epoxide rings is 1. The van der Waals surface area contributed by atoms with Crippen LogP contribution in [-0.4, -0.2) is 106 Å². The van der Waals surface area contributed by atoms with Crippen molar-refractivity contribution in [3.8, 4) is 0 Å². The minimum Gasteiger partial charge on any atom is -0.457 e. The van der Waals surface area contributed by atoms with Crippen molar-refractivity contribution in [1.29, 1.82) is 0 Å². The summed E-state index contributed by atoms with van der Waals surface area (Å²) >= 11 is 8.14. The van der Waals surface area contributed by atoms with Crippen LogP contribution in [0.4, 0.5) is 10.5 Å². The molecular formula is C37H50ClN3O10S. The molecule has 3 heterocycles. The molecule has 3 aliphatic rings. The van der Waals surface area contributed by atoms with Crippen LogP contribution in [0.3, 0.4) is 0 Å². The van der Waals surface area contributed by atoms with Crippen molar-refractivity contribution in [3.63, 3.8) is 0 Å². The molecule has 0 aromatic heterocycles. The maximum atomic E-state index is 14.1. The number of ether oxygens (including phenoxy) is 3. The third-order valence-corrected chi connectivity index (χ3v) is 11.6. The van der Waals surface area contributed by atoms with Crippen LogP contribution in [-0.2, 0) is 46.4 Å². The van der Waals surface area contributed by atoms with Gasteiger partial charge in [0.05, 0.1) is 41.5 Å². The van der Waals surface area contributed by atoms with E-state index in [0.29, 0.717) is 24.0 Å². The van der Waals surface area contributed by atoms with Crippen LogP contribution in [0.5, 0.6) is 0 Å². The van der Waals surface area contributed by atoms with Gasteiger partial charge in [-0.3, -0.25) is 14.9 Å². The van der Waals surface area contributed by atoms with E-state index < -0.39 is 65.5 Å². The van der Waals surface area contributed by atoms with Gasteiger partial charge in [-0.1, -0.05) is 62.2 Å². The van der Waals surface area contributed by atoms with E-state index in [-0.39, 0.29) is 41.4 Å². The summed E-state index contributed by atoms with van der Waals surface area (Å²) in [6, 6.07) is 2.48. The van der Waals surface area contributed by atoms with Crippen molar-refractivity contribution in [1.82, 2.24) is 10.2 Å². The van der Waals surface area contributed by atoms with Gasteiger partial charge in [0.25, 0.3) is 0 Å². The first kappa shape index (κ1) is 41.3. The molecule has 3 amide bonds. The fourth-order valence-electron chi connectivity index (χ4n) is 6.55. The number of amides is 3. The van der Waals surface area contributed by atoms with Crippen LogP contribution in [0.1, 0.15) is 65.5 Å². The number of fused-ring (bicyclic) bond motifs is 5. The molecule has 8 unspecified atom stereocenters. The Morgan fingerprint density at radius 2 is 1.96 bits per heavy atom. The zero-order valence-electron chi connectivity index (χ0n) is 30.9. The van der Waals surface area contributed by atoms with E-state index >= 15 is 0 Å². The molecule has 8 atom stereocenters. The topological polar surface area (TPSA) is 175 Å². The summed E-state index contributed by atoms with van der Waals surface area (Å²) in [6.07, 6.45) is 1.57. The quantitative estimate of drug-likeness (QED) is 0.199. The molecule has 4 rings (SSSR count). The first-order valence-corrected chi connectivity index (χ1v) is 18.7. The third-order valence-electron chi connectivity index (χ3n) is 10.1. The molecule has 13 nitrogen and oxygen atoms in total. The molecule has 286 valence electrons. The number of carbonyl (C=O) groups excluding carboxylic acids is 5. The Morgan fingerprint density at radius 3 is 2.60 bits per heavy atom. The van der Waals surface area contributed by atoms with Crippen molar-refractivity contribution < 1.29 is 48.4 Å². The van der Waals surface area contributed by atoms with Gasteiger partial charge in [-0.15, -0.1) is 11.8 Å². The molecule has 0 radical (unpaired) electrons. The van der Waals surface area contributed by atoms with E-state index in [1.54, 1.807) is 45.1 Å². The Labute approximate surface area is 314 Å². The summed E-state index contributed by atoms with van der Waals surface area (Å²) in [4.78, 5) is 68.3. The summed E-state index contributed by atoms with van der Waals surface area (Å²) in [5, 5.41) is 24.5. The summed E-state index contributed by atoms with van der Waals surface area (Å²) in [6.45, 7) is 10.4. The number of rotatable bonds is 8. The monoisotopic (exact) mass is 763 g/mol. The van der Waals surface area contributed by atoms with Gasteiger partial charge in [0.15, 0.2) is 5.72 Å². The van der Waals surface area contributed by atoms with Gasteiger partial charge < -0.3 is 39.0 Å². The number of anilines is 1. The Hall–Kier alpha value is -3.43. The van der Waals surface area contributed by atoms with Crippen molar-refractivity contribution in [2.24, 2.45) is 11.8 Å². The second-order valence-electron chi connectivity index (χ2n) is 14.4. The van der Waals surface area contributed by atoms with E-state index in [2.05, 4.69) is 5.32 Å². The number of aliphatic hydroxyl groups is 2. The van der Waals surface area contributed by atoms with Crippen LogP contribution in [0, 0.1) is 11.8 Å². The molecule has 52 heavy (non-hydrogen) atoms. The van der Waals surface area contributed by atoms with Gasteiger partial charge in [0.1, 0.15) is 30.1 Å². The number of carbonyl (C=O) groups is 5. The lowest BCUT2D eigenvalue weighted by atomic mass is 9.82. The van der Waals surface area contributed by atoms with Gasteiger partial charge in [0, 0.05) is 26.4 Å². The van der Waals surface area contributed by atoms with E-state index in [1.165, 1.54) is 41.7 Å². The largest absolute Gasteiger partial charge is 0.457 e. The predicted molar refractivity (Wildman–Crippen MR) is 197 cm³/mol. The number of benzene rings is 1. The number of likely N-dealkylation sites (N-methyl/N-ethyl adjacent to an activating group) is 1. The van der Waals surface area contributed by atoms with Gasteiger partial charge in [0.2, 0.25) is 11.8 Å². The van der Waals surface area contributed by atoms with E-state index in [1.807, 2.05) is 20.8 Å². The Balaban J connectivity index is 1.75. The molecule has 1 aromatic rings. The van der Waals surface area contributed by atoms with E-state index in [0.717, 1.165) is 11.1 Å². The number of aliphatic hydroxyl groups excluding tert-OH is 1. The Morgan fingerprint density at radius 1 is 1.27 bits per heavy atom. The zero-order chi connectivity index (χ0) is 38.7. The van der Waals surface area contributed by atoms with Gasteiger partial charge in [-0.05, 0) is 49.6 Å². The molecular weight excluding hydrogens is 714 g/mol. The summed E-state index contributed by atoms with van der Waals surface area (Å²) < 4.78 is 17.8. The lowest BCUT2D eigenvalue weighted by Gasteiger charge is -2.41. The minimum atomic E-state index is -1.98. The fourth-order valence-corrected chi connectivity index (χ4v) is 7.53. The lowest BCUT2D eigenvalue weighted by molar-refractivity contribution is -0.161. The Bertz CT molecular complexity index is 1620. The minimum absolute atomic E-state index is 0.162. The first-order valence-electron chi connectivity index (χ1n) is 17.3. The number of thioether (sulfide) groups is 1. The second kappa shape index (κ2) is 16.7. The molecule has 15 heteroatoms. The molecule has 4 bridgehead atoms. The molecule has 0 spiro atoms. The SMILES string of the molecule is C/C1=C\C=C\C(C=O)C2(O)CC(OC(=O)N2)C(C)C2OC2(C)C(OC(=O)C(C)N(C)C(=O)CSC(C)C)CC(=O)N(C)c2cc(cc(CO)c2Cl)C1. The number of hydrogen-bond donors (Lipinski definition) is 3. The van der Waals surface area contributed by atoms with Crippen LogP contribution in [0.2, 0.25) is 5.02 Å². The summed E-state index contributed by atoms with van der Waals surface area (Å²) in [5.41, 5.74) is -0.915. The van der Waals surface area contributed by atoms with Gasteiger partial charge in [-0.25, -0.2) is 9.59 Å². The standard InChI is InChI=1S/C37H50ClN3O10S/c1-20(2)52-19-31(45)40(7)23(5)34(46)50-29-15-30(44)41(8)27-14-24(13-25(17-42)32(27)38)12-21(3)10-9-11-26(18-43)37(48)16-28(49-35(47)39-37)22(4)33-36(29,6)51-33/h9-11,13-14,18,20,22-23,26,28-29,33,42,48H,12,15-17,19H2,1-8H3,(H,39,47)/b11-9+,21-10+. The predicted octanol–water partition coefficient (Wildman–Crippen LogP) is 3.94. The van der Waals surface area contributed by atoms with E-state index in [4.69, 9.17) is 25.8 Å². The molecule has 2 fully saturated rings. The molecule has 3 N–H and O–H groups in total. The Kier molecular flexibility index (Phi) is 13.3. The number of nitrogens with one attached hydrogen (secondary N) is 1. The van der Waals surface area contributed by atoms with Crippen LogP contribution >= 0.6 is 23.4 Å². The highest BCUT2D eigenvalue weighted by molar-refractivity contribution is 8.00. The number of alkyl carbamates (subject to hydrolysis) is 1. The number of nitrogens with zero attached hydrogens (tertiary/aromatic N) is 2.